The van der Waals surface area contributed by atoms with Gasteiger partial charge in [-0.25, -0.2) is 17.9 Å². The highest BCUT2D eigenvalue weighted by atomic mass is 32.2. The lowest BCUT2D eigenvalue weighted by atomic mass is 10.1. The molecular formula is C15H20N2O4S. The normalized spacial score (nSPS) is 13.4. The van der Waals surface area contributed by atoms with Gasteiger partial charge in [-0.15, -0.1) is 0 Å². The van der Waals surface area contributed by atoms with Crippen LogP contribution in [-0.4, -0.2) is 21.0 Å². The van der Waals surface area contributed by atoms with Crippen LogP contribution in [0.1, 0.15) is 26.2 Å². The van der Waals surface area contributed by atoms with Crippen molar-refractivity contribution < 1.29 is 12.8 Å². The Morgan fingerprint density at radius 1 is 1.27 bits per heavy atom. The Kier molecular flexibility index (Phi) is 5.33. The Labute approximate surface area is 129 Å². The molecule has 0 aliphatic carbocycles. The molecule has 0 radical (unpaired) electrons. The Hall–Kier alpha value is -1.70. The second-order valence-electron chi connectivity index (χ2n) is 5.15. The second-order valence-corrected chi connectivity index (χ2v) is 6.86. The molecule has 1 heterocycles. The highest BCUT2D eigenvalue weighted by Crippen LogP contribution is 2.18. The average Bonchev–Trinajstić information content (AvgIpc) is 2.50. The number of fused-ring (bicyclic) bond motifs is 1. The SMILES string of the molecule is CCCCC(CN)NS(=O)(=O)c1ccc2oc(=O)ccc2c1. The van der Waals surface area contributed by atoms with Crippen molar-refractivity contribution in [2.75, 3.05) is 6.54 Å². The third kappa shape index (κ3) is 3.94. The van der Waals surface area contributed by atoms with E-state index in [1.807, 2.05) is 6.92 Å². The molecule has 2 rings (SSSR count). The zero-order valence-corrected chi connectivity index (χ0v) is 13.2. The van der Waals surface area contributed by atoms with E-state index >= 15 is 0 Å². The summed E-state index contributed by atoms with van der Waals surface area (Å²) in [5.74, 6) is 0. The zero-order chi connectivity index (χ0) is 16.2. The summed E-state index contributed by atoms with van der Waals surface area (Å²) in [7, 11) is -3.65. The van der Waals surface area contributed by atoms with Crippen LogP contribution < -0.4 is 16.1 Å². The molecule has 0 spiro atoms. The first-order valence-corrected chi connectivity index (χ1v) is 8.71. The fourth-order valence-corrected chi connectivity index (χ4v) is 3.50. The van der Waals surface area contributed by atoms with Crippen LogP contribution in [0.15, 0.2) is 44.4 Å². The van der Waals surface area contributed by atoms with Gasteiger partial charge in [0.15, 0.2) is 0 Å². The lowest BCUT2D eigenvalue weighted by Crippen LogP contribution is -2.40. The van der Waals surface area contributed by atoms with Gasteiger partial charge in [0, 0.05) is 24.0 Å². The fourth-order valence-electron chi connectivity index (χ4n) is 2.18. The topological polar surface area (TPSA) is 102 Å². The predicted molar refractivity (Wildman–Crippen MR) is 85.2 cm³/mol. The van der Waals surface area contributed by atoms with E-state index < -0.39 is 15.6 Å². The van der Waals surface area contributed by atoms with E-state index in [0.29, 0.717) is 17.4 Å². The Morgan fingerprint density at radius 3 is 2.73 bits per heavy atom. The maximum absolute atomic E-state index is 12.4. The summed E-state index contributed by atoms with van der Waals surface area (Å²) in [5, 5.41) is 0.556. The van der Waals surface area contributed by atoms with Crippen LogP contribution in [0.25, 0.3) is 11.0 Å². The molecule has 0 bridgehead atoms. The number of unbranched alkanes of at least 4 members (excludes halogenated alkanes) is 1. The zero-order valence-electron chi connectivity index (χ0n) is 12.4. The number of hydrogen-bond acceptors (Lipinski definition) is 5. The van der Waals surface area contributed by atoms with Gasteiger partial charge in [-0.3, -0.25) is 0 Å². The summed E-state index contributed by atoms with van der Waals surface area (Å²) in [5.41, 5.74) is 5.52. The van der Waals surface area contributed by atoms with Crippen molar-refractivity contribution in [3.8, 4) is 0 Å². The third-order valence-electron chi connectivity index (χ3n) is 3.41. The highest BCUT2D eigenvalue weighted by molar-refractivity contribution is 7.89. The van der Waals surface area contributed by atoms with Crippen molar-refractivity contribution in [3.05, 3.63) is 40.8 Å². The molecule has 1 aromatic heterocycles. The predicted octanol–water partition coefficient (Wildman–Crippen LogP) is 1.59. The van der Waals surface area contributed by atoms with Crippen LogP contribution >= 0.6 is 0 Å². The van der Waals surface area contributed by atoms with Crippen LogP contribution in [-0.2, 0) is 10.0 Å². The van der Waals surface area contributed by atoms with Gasteiger partial charge in [-0.2, -0.15) is 0 Å². The van der Waals surface area contributed by atoms with Crippen molar-refractivity contribution in [1.82, 2.24) is 4.72 Å². The van der Waals surface area contributed by atoms with E-state index in [-0.39, 0.29) is 17.5 Å². The van der Waals surface area contributed by atoms with Gasteiger partial charge in [-0.05, 0) is 30.7 Å². The molecule has 3 N–H and O–H groups in total. The molecule has 1 atom stereocenters. The number of nitrogens with one attached hydrogen (secondary N) is 1. The molecule has 0 fully saturated rings. The van der Waals surface area contributed by atoms with E-state index in [1.165, 1.54) is 30.3 Å². The molecule has 0 aliphatic rings. The first kappa shape index (κ1) is 16.7. The molecule has 1 aromatic carbocycles. The molecule has 0 saturated carbocycles. The second kappa shape index (κ2) is 7.04. The largest absolute Gasteiger partial charge is 0.423 e. The van der Waals surface area contributed by atoms with E-state index in [4.69, 9.17) is 10.2 Å². The van der Waals surface area contributed by atoms with Gasteiger partial charge in [0.05, 0.1) is 4.90 Å². The van der Waals surface area contributed by atoms with E-state index in [0.717, 1.165) is 12.8 Å². The maximum atomic E-state index is 12.4. The molecule has 7 heteroatoms. The number of rotatable bonds is 7. The third-order valence-corrected chi connectivity index (χ3v) is 4.93. The molecule has 22 heavy (non-hydrogen) atoms. The average molecular weight is 324 g/mol. The monoisotopic (exact) mass is 324 g/mol. The van der Waals surface area contributed by atoms with Crippen molar-refractivity contribution in [2.45, 2.75) is 37.1 Å². The Balaban J connectivity index is 2.28. The number of benzene rings is 1. The van der Waals surface area contributed by atoms with Gasteiger partial charge in [0.25, 0.3) is 0 Å². The lowest BCUT2D eigenvalue weighted by Gasteiger charge is -2.16. The van der Waals surface area contributed by atoms with Crippen molar-refractivity contribution in [3.63, 3.8) is 0 Å². The Morgan fingerprint density at radius 2 is 2.05 bits per heavy atom. The summed E-state index contributed by atoms with van der Waals surface area (Å²) >= 11 is 0. The van der Waals surface area contributed by atoms with Crippen LogP contribution in [0.2, 0.25) is 0 Å². The van der Waals surface area contributed by atoms with Gasteiger partial charge >= 0.3 is 5.63 Å². The van der Waals surface area contributed by atoms with Gasteiger partial charge in [0.2, 0.25) is 10.0 Å². The number of hydrogen-bond donors (Lipinski definition) is 2. The molecule has 0 amide bonds. The first-order valence-electron chi connectivity index (χ1n) is 7.22. The molecule has 0 saturated heterocycles. The van der Waals surface area contributed by atoms with Crippen molar-refractivity contribution >= 4 is 21.0 Å². The van der Waals surface area contributed by atoms with Gasteiger partial charge in [0.1, 0.15) is 5.58 Å². The van der Waals surface area contributed by atoms with Crippen LogP contribution in [0, 0.1) is 0 Å². The summed E-state index contributed by atoms with van der Waals surface area (Å²) < 4.78 is 32.5. The number of nitrogens with two attached hydrogens (primary N) is 1. The van der Waals surface area contributed by atoms with Crippen LogP contribution in [0.4, 0.5) is 0 Å². The lowest BCUT2D eigenvalue weighted by molar-refractivity contribution is 0.516. The summed E-state index contributed by atoms with van der Waals surface area (Å²) in [6, 6.07) is 6.90. The first-order chi connectivity index (χ1) is 10.5. The fraction of sp³-hybridized carbons (Fsp3) is 0.400. The van der Waals surface area contributed by atoms with Gasteiger partial charge in [-0.1, -0.05) is 19.8 Å². The van der Waals surface area contributed by atoms with E-state index in [9.17, 15) is 13.2 Å². The van der Waals surface area contributed by atoms with Crippen molar-refractivity contribution in [2.24, 2.45) is 5.73 Å². The molecule has 120 valence electrons. The summed E-state index contributed by atoms with van der Waals surface area (Å²) in [6.45, 7) is 2.29. The number of sulfonamides is 1. The molecule has 2 aromatic rings. The minimum Gasteiger partial charge on any atom is -0.423 e. The minimum atomic E-state index is -3.65. The highest BCUT2D eigenvalue weighted by Gasteiger charge is 2.19. The van der Waals surface area contributed by atoms with Gasteiger partial charge < -0.3 is 10.2 Å². The smallest absolute Gasteiger partial charge is 0.336 e. The van der Waals surface area contributed by atoms with Crippen LogP contribution in [0.5, 0.6) is 0 Å². The summed E-state index contributed by atoms with van der Waals surface area (Å²) in [6.07, 6.45) is 2.59. The van der Waals surface area contributed by atoms with Crippen LogP contribution in [0.3, 0.4) is 0 Å². The minimum absolute atomic E-state index is 0.129. The Bertz CT molecular complexity index is 799. The van der Waals surface area contributed by atoms with Crippen molar-refractivity contribution in [1.29, 1.82) is 0 Å². The quantitative estimate of drug-likeness (QED) is 0.753. The standard InChI is InChI=1S/C15H20N2O4S/c1-2-3-4-12(10-16)17-22(19,20)13-6-7-14-11(9-13)5-8-15(18)21-14/h5-9,12,17H,2-4,10,16H2,1H3. The molecule has 6 nitrogen and oxygen atoms in total. The van der Waals surface area contributed by atoms with E-state index in [2.05, 4.69) is 4.72 Å². The summed E-state index contributed by atoms with van der Waals surface area (Å²) in [4.78, 5) is 11.3. The molecule has 0 aliphatic heterocycles. The molecule has 1 unspecified atom stereocenters. The maximum Gasteiger partial charge on any atom is 0.336 e. The molecular weight excluding hydrogens is 304 g/mol. The van der Waals surface area contributed by atoms with E-state index in [1.54, 1.807) is 0 Å².